The van der Waals surface area contributed by atoms with Crippen molar-refractivity contribution in [2.45, 2.75) is 59.8 Å². The number of nitrogens with zero attached hydrogens (tertiary/aromatic N) is 3. The Bertz CT molecular complexity index is 1580. The third kappa shape index (κ3) is 7.26. The Kier molecular flexibility index (Phi) is 9.39. The van der Waals surface area contributed by atoms with E-state index in [1.807, 2.05) is 18.9 Å². The van der Waals surface area contributed by atoms with Gasteiger partial charge < -0.3 is 35.3 Å². The Balaban J connectivity index is 1.09. The third-order valence-electron chi connectivity index (χ3n) is 8.12. The summed E-state index contributed by atoms with van der Waals surface area (Å²) in [4.78, 5) is 17.3. The van der Waals surface area contributed by atoms with Crippen LogP contribution in [0.1, 0.15) is 26.2 Å². The summed E-state index contributed by atoms with van der Waals surface area (Å²) in [6.45, 7) is 3.78. The number of sulfone groups is 1. The number of sulfonamides is 1. The number of primary amides is 1. The van der Waals surface area contributed by atoms with Crippen LogP contribution in [-0.4, -0.2) is 113 Å². The van der Waals surface area contributed by atoms with E-state index >= 15 is 0 Å². The first-order valence-electron chi connectivity index (χ1n) is 14.4. The first-order chi connectivity index (χ1) is 20.8. The van der Waals surface area contributed by atoms with Crippen molar-refractivity contribution in [3.05, 3.63) is 36.5 Å². The summed E-state index contributed by atoms with van der Waals surface area (Å²) in [6.07, 6.45) is 2.20. The average Bonchev–Trinajstić information content (AvgIpc) is 3.36. The van der Waals surface area contributed by atoms with Crippen molar-refractivity contribution in [1.29, 1.82) is 0 Å². The molecule has 44 heavy (non-hydrogen) atoms. The van der Waals surface area contributed by atoms with Gasteiger partial charge in [-0.3, -0.25) is 4.79 Å². The van der Waals surface area contributed by atoms with Gasteiger partial charge in [-0.25, -0.2) is 21.8 Å². The van der Waals surface area contributed by atoms with Crippen LogP contribution in [0, 0.1) is 0 Å². The fraction of sp³-hybridized carbons (Fsp3) is 0.571. The lowest BCUT2D eigenvalue weighted by Gasteiger charge is -2.38. The molecular formula is C28H39N5O9S2. The zero-order chi connectivity index (χ0) is 31.7. The number of ether oxygens (including phenoxy) is 3. The number of benzene rings is 1. The maximum absolute atomic E-state index is 13.4. The molecule has 2 aromatic rings. The number of anilines is 1. The molecule has 14 nitrogen and oxygen atoms in total. The van der Waals surface area contributed by atoms with Crippen molar-refractivity contribution in [2.75, 3.05) is 57.1 Å². The van der Waals surface area contributed by atoms with Gasteiger partial charge in [0.15, 0.2) is 9.84 Å². The lowest BCUT2D eigenvalue weighted by Crippen LogP contribution is -2.47. The molecule has 0 aliphatic carbocycles. The van der Waals surface area contributed by atoms with Gasteiger partial charge in [0.05, 0.1) is 29.8 Å². The Labute approximate surface area is 257 Å². The molecule has 3 atom stereocenters. The van der Waals surface area contributed by atoms with Gasteiger partial charge in [-0.2, -0.15) is 4.31 Å². The average molecular weight is 654 g/mol. The van der Waals surface area contributed by atoms with Crippen molar-refractivity contribution < 1.29 is 40.9 Å². The zero-order valence-electron chi connectivity index (χ0n) is 24.7. The predicted octanol–water partition coefficient (Wildman–Crippen LogP) is -0.101. The van der Waals surface area contributed by atoms with Crippen molar-refractivity contribution in [1.82, 2.24) is 14.6 Å². The van der Waals surface area contributed by atoms with Crippen molar-refractivity contribution in [3.63, 3.8) is 0 Å². The molecule has 3 aliphatic rings. The van der Waals surface area contributed by atoms with Crippen LogP contribution >= 0.6 is 0 Å². The topological polar surface area (TPSA) is 191 Å². The molecule has 242 valence electrons. The number of fused-ring (bicyclic) bond motifs is 1. The second-order valence-electron chi connectivity index (χ2n) is 11.7. The van der Waals surface area contributed by atoms with Crippen LogP contribution in [0.5, 0.6) is 11.6 Å². The van der Waals surface area contributed by atoms with Crippen LogP contribution in [0.25, 0.3) is 0 Å². The highest BCUT2D eigenvalue weighted by Crippen LogP contribution is 2.38. The second-order valence-corrected chi connectivity index (χ2v) is 15.6. The zero-order valence-corrected chi connectivity index (χ0v) is 26.3. The third-order valence-corrected chi connectivity index (χ3v) is 11.6. The van der Waals surface area contributed by atoms with Crippen LogP contribution in [0.15, 0.2) is 46.3 Å². The normalized spacial score (nSPS) is 22.8. The fourth-order valence-corrected chi connectivity index (χ4v) is 8.36. The van der Waals surface area contributed by atoms with Crippen LogP contribution in [0.2, 0.25) is 0 Å². The first-order valence-corrected chi connectivity index (χ1v) is 17.5. The molecule has 0 saturated carbocycles. The van der Waals surface area contributed by atoms with E-state index in [2.05, 4.69) is 10.3 Å². The molecule has 0 unspecified atom stereocenters. The summed E-state index contributed by atoms with van der Waals surface area (Å²) in [5, 5.41) is 13.8. The van der Waals surface area contributed by atoms with E-state index in [4.69, 9.17) is 19.9 Å². The van der Waals surface area contributed by atoms with E-state index in [0.717, 1.165) is 0 Å². The van der Waals surface area contributed by atoms with E-state index in [1.54, 1.807) is 12.1 Å². The molecule has 3 aliphatic heterocycles. The van der Waals surface area contributed by atoms with Crippen LogP contribution in [0.4, 0.5) is 5.69 Å². The number of rotatable bonds is 11. The van der Waals surface area contributed by atoms with Gasteiger partial charge in [0.25, 0.3) is 0 Å². The van der Waals surface area contributed by atoms with Gasteiger partial charge in [-0.05, 0) is 50.5 Å². The monoisotopic (exact) mass is 653 g/mol. The number of hydrogen-bond donors (Lipinski definition) is 3. The van der Waals surface area contributed by atoms with Gasteiger partial charge >= 0.3 is 0 Å². The maximum atomic E-state index is 13.4. The number of piperidine rings is 1. The van der Waals surface area contributed by atoms with Crippen LogP contribution in [-0.2, 0) is 29.4 Å². The number of aliphatic hydroxyl groups is 1. The minimum absolute atomic E-state index is 0.0298. The van der Waals surface area contributed by atoms with E-state index < -0.39 is 43.2 Å². The number of aliphatic hydroxyl groups excluding tert-OH is 1. The summed E-state index contributed by atoms with van der Waals surface area (Å²) in [6, 6.07) is 7.26. The molecule has 5 rings (SSSR count). The molecule has 1 spiro atoms. The highest BCUT2D eigenvalue weighted by atomic mass is 32.2. The highest BCUT2D eigenvalue weighted by Gasteiger charge is 2.45. The summed E-state index contributed by atoms with van der Waals surface area (Å²) in [5.41, 5.74) is 5.23. The van der Waals surface area contributed by atoms with Crippen molar-refractivity contribution >= 4 is 31.5 Å². The molecule has 0 bridgehead atoms. The summed E-state index contributed by atoms with van der Waals surface area (Å²) >= 11 is 0. The minimum atomic E-state index is -3.88. The van der Waals surface area contributed by atoms with Gasteiger partial charge in [0, 0.05) is 32.7 Å². The quantitative estimate of drug-likeness (QED) is 0.292. The van der Waals surface area contributed by atoms with Crippen LogP contribution < -0.4 is 25.4 Å². The maximum Gasteiger partial charge on any atom is 0.244 e. The summed E-state index contributed by atoms with van der Waals surface area (Å²) in [7, 11) is -5.73. The standard InChI is InChI=1S/C28H39N5O9S2/c1-19-15-32(2)25-11-24(14-31-27(25)42-19)44(38,39)33-8-6-28(7-9-33)12-20(16-41-28)30-13-21(34)17-40-22-4-3-5-23(10-22)43(36,37)18-26(29)35/h3-5,10-11,14,19-21,30,34H,6-9,12-13,15-18H2,1-2H3,(H2,29,35)/t19-,20+,21-/m0/s1. The SMILES string of the molecule is C[C@H]1CN(C)c2cc(S(=O)(=O)N3CCC4(CC3)C[C@@H](NC[C@H](O)COc3cccc(S(=O)(=O)CC(N)=O)c3)CO4)cnc2O1. The molecule has 1 amide bonds. The van der Waals surface area contributed by atoms with Gasteiger partial charge in [0.1, 0.15) is 40.9 Å². The lowest BCUT2D eigenvalue weighted by atomic mass is 9.88. The Morgan fingerprint density at radius 3 is 2.70 bits per heavy atom. The van der Waals surface area contributed by atoms with E-state index in [9.17, 15) is 26.7 Å². The number of nitrogens with one attached hydrogen (secondary N) is 1. The van der Waals surface area contributed by atoms with Gasteiger partial charge in [-0.1, -0.05) is 6.07 Å². The Morgan fingerprint density at radius 2 is 1.98 bits per heavy atom. The molecule has 2 fully saturated rings. The number of carbonyl (C=O) groups excluding carboxylic acids is 1. The van der Waals surface area contributed by atoms with E-state index in [1.165, 1.54) is 28.7 Å². The van der Waals surface area contributed by atoms with E-state index in [0.29, 0.717) is 57.1 Å². The first kappa shape index (κ1) is 32.4. The number of hydrogen-bond acceptors (Lipinski definition) is 12. The molecule has 1 aromatic carbocycles. The van der Waals surface area contributed by atoms with E-state index in [-0.39, 0.29) is 40.8 Å². The molecule has 2 saturated heterocycles. The Hall–Kier alpha value is -3.02. The predicted molar refractivity (Wildman–Crippen MR) is 160 cm³/mol. The van der Waals surface area contributed by atoms with Crippen molar-refractivity contribution in [2.24, 2.45) is 5.73 Å². The number of likely N-dealkylation sites (N-methyl/N-ethyl adjacent to an activating group) is 1. The minimum Gasteiger partial charge on any atom is -0.491 e. The Morgan fingerprint density at radius 1 is 1.23 bits per heavy atom. The second kappa shape index (κ2) is 12.8. The largest absolute Gasteiger partial charge is 0.491 e. The smallest absolute Gasteiger partial charge is 0.244 e. The molecule has 0 radical (unpaired) electrons. The van der Waals surface area contributed by atoms with Gasteiger partial charge in [-0.15, -0.1) is 0 Å². The number of amides is 1. The number of aromatic nitrogens is 1. The number of nitrogens with two attached hydrogens (primary N) is 1. The summed E-state index contributed by atoms with van der Waals surface area (Å²) in [5.74, 6) is -1.09. The molecular weight excluding hydrogens is 614 g/mol. The molecule has 1 aromatic heterocycles. The lowest BCUT2D eigenvalue weighted by molar-refractivity contribution is -0.115. The summed E-state index contributed by atoms with van der Waals surface area (Å²) < 4.78 is 70.4. The van der Waals surface area contributed by atoms with Gasteiger partial charge in [0.2, 0.25) is 21.8 Å². The van der Waals surface area contributed by atoms with Crippen molar-refractivity contribution in [3.8, 4) is 11.6 Å². The number of pyridine rings is 1. The number of carbonyl (C=O) groups is 1. The molecule has 4 heterocycles. The fourth-order valence-electron chi connectivity index (χ4n) is 5.83. The molecule has 16 heteroatoms. The highest BCUT2D eigenvalue weighted by molar-refractivity contribution is 7.92. The molecule has 4 N–H and O–H groups in total. The van der Waals surface area contributed by atoms with Crippen LogP contribution in [0.3, 0.4) is 0 Å².